The fourth-order valence-corrected chi connectivity index (χ4v) is 2.25. The van der Waals surface area contributed by atoms with Gasteiger partial charge in [-0.3, -0.25) is 15.0 Å². The van der Waals surface area contributed by atoms with Gasteiger partial charge in [-0.2, -0.15) is 0 Å². The van der Waals surface area contributed by atoms with Gasteiger partial charge >= 0.3 is 0 Å². The smallest absolute Gasteiger partial charge is 0.0732 e. The van der Waals surface area contributed by atoms with Crippen LogP contribution in [0.1, 0.15) is 23.7 Å². The summed E-state index contributed by atoms with van der Waals surface area (Å²) in [4.78, 5) is 12.6. The Balaban J connectivity index is 2.31. The summed E-state index contributed by atoms with van der Waals surface area (Å²) >= 11 is 0. The molecule has 2 heterocycles. The monoisotopic (exact) mass is 265 g/mol. The van der Waals surface area contributed by atoms with Gasteiger partial charge in [-0.05, 0) is 57.2 Å². The molecule has 0 aliphatic rings. The quantitative estimate of drug-likeness (QED) is 0.786. The van der Waals surface area contributed by atoms with E-state index in [-0.39, 0.29) is 0 Å². The van der Waals surface area contributed by atoms with E-state index in [2.05, 4.69) is 40.7 Å². The number of rotatable bonds is 4. The predicted molar refractivity (Wildman–Crippen MR) is 84.0 cm³/mol. The molecule has 2 aromatic rings. The number of nitrogens with zero attached hydrogens (tertiary/aromatic N) is 3. The minimum absolute atomic E-state index is 0.850. The van der Waals surface area contributed by atoms with Crippen molar-refractivity contribution < 1.29 is 0 Å². The van der Waals surface area contributed by atoms with Gasteiger partial charge in [0.25, 0.3) is 0 Å². The van der Waals surface area contributed by atoms with Crippen molar-refractivity contribution in [1.29, 1.82) is 0 Å². The molecule has 3 heteroatoms. The van der Waals surface area contributed by atoms with Gasteiger partial charge in [-0.15, -0.1) is 0 Å². The van der Waals surface area contributed by atoms with Crippen LogP contribution < -0.4 is 0 Å². The van der Waals surface area contributed by atoms with Crippen molar-refractivity contribution in [2.45, 2.75) is 27.2 Å². The first-order valence-electron chi connectivity index (χ1n) is 6.60. The molecular weight excluding hydrogens is 246 g/mol. The van der Waals surface area contributed by atoms with Crippen molar-refractivity contribution in [2.75, 3.05) is 0 Å². The molecule has 102 valence electrons. The molecule has 0 amide bonds. The normalized spacial score (nSPS) is 11.4. The zero-order valence-corrected chi connectivity index (χ0v) is 12.2. The summed E-state index contributed by atoms with van der Waals surface area (Å²) in [5.74, 6) is 0. The summed E-state index contributed by atoms with van der Waals surface area (Å²) < 4.78 is 0. The highest BCUT2D eigenvalue weighted by Crippen LogP contribution is 2.22. The molecule has 3 nitrogen and oxygen atoms in total. The lowest BCUT2D eigenvalue weighted by atomic mass is 10.0. The van der Waals surface area contributed by atoms with Crippen LogP contribution in [-0.4, -0.2) is 16.7 Å². The van der Waals surface area contributed by atoms with Crippen LogP contribution in [-0.2, 0) is 6.42 Å². The third-order valence-corrected chi connectivity index (χ3v) is 3.10. The Morgan fingerprint density at radius 3 is 2.75 bits per heavy atom. The molecule has 0 radical (unpaired) electrons. The number of allylic oxidation sites excluding steroid dienone is 1. The molecule has 2 aromatic heterocycles. The highest BCUT2D eigenvalue weighted by atomic mass is 14.7. The van der Waals surface area contributed by atoms with E-state index in [1.165, 1.54) is 16.7 Å². The van der Waals surface area contributed by atoms with E-state index in [1.54, 1.807) is 6.20 Å². The summed E-state index contributed by atoms with van der Waals surface area (Å²) in [5, 5.41) is 0. The average molecular weight is 265 g/mol. The molecule has 0 aliphatic carbocycles. The van der Waals surface area contributed by atoms with Crippen LogP contribution in [0.25, 0.3) is 11.3 Å². The topological polar surface area (TPSA) is 38.1 Å². The maximum absolute atomic E-state index is 4.60. The maximum Gasteiger partial charge on any atom is 0.0732 e. The second-order valence-corrected chi connectivity index (χ2v) is 5.03. The molecular formula is C17H19N3. The molecule has 0 N–H and O–H groups in total. The largest absolute Gasteiger partial charge is 0.273 e. The molecule has 0 saturated heterocycles. The summed E-state index contributed by atoms with van der Waals surface area (Å²) in [5.41, 5.74) is 6.67. The summed E-state index contributed by atoms with van der Waals surface area (Å²) in [6.45, 7) is 9.60. The fraction of sp³-hybridized carbons (Fsp3) is 0.235. The van der Waals surface area contributed by atoms with Crippen molar-refractivity contribution >= 4 is 6.72 Å². The van der Waals surface area contributed by atoms with Gasteiger partial charge in [0.05, 0.1) is 5.69 Å². The number of hydrogen-bond donors (Lipinski definition) is 0. The van der Waals surface area contributed by atoms with Gasteiger partial charge in [0.1, 0.15) is 0 Å². The number of hydrogen-bond acceptors (Lipinski definition) is 3. The third-order valence-electron chi connectivity index (χ3n) is 3.10. The fourth-order valence-electron chi connectivity index (χ4n) is 2.25. The first kappa shape index (κ1) is 14.1. The Morgan fingerprint density at radius 1 is 1.30 bits per heavy atom. The lowest BCUT2D eigenvalue weighted by Gasteiger charge is -2.08. The standard InChI is InChI=1S/C17H19N3/c1-12(10-18-4)7-15-8-13(2)17(20-11-15)16-5-6-19-14(3)9-16/h5-6,8-11H,4,7H2,1-3H3/b12-10+. The highest BCUT2D eigenvalue weighted by molar-refractivity contribution is 5.63. The second-order valence-electron chi connectivity index (χ2n) is 5.03. The van der Waals surface area contributed by atoms with Gasteiger partial charge in [-0.1, -0.05) is 11.6 Å². The van der Waals surface area contributed by atoms with Crippen LogP contribution in [0.4, 0.5) is 0 Å². The van der Waals surface area contributed by atoms with Crippen molar-refractivity contribution in [3.63, 3.8) is 0 Å². The Bertz CT molecular complexity index is 657. The predicted octanol–water partition coefficient (Wildman–Crippen LogP) is 3.91. The molecule has 0 unspecified atom stereocenters. The van der Waals surface area contributed by atoms with E-state index in [1.807, 2.05) is 32.3 Å². The summed E-state index contributed by atoms with van der Waals surface area (Å²) in [7, 11) is 0. The van der Waals surface area contributed by atoms with E-state index < -0.39 is 0 Å². The summed E-state index contributed by atoms with van der Waals surface area (Å²) in [6, 6.07) is 6.23. The maximum atomic E-state index is 4.60. The van der Waals surface area contributed by atoms with Crippen molar-refractivity contribution in [2.24, 2.45) is 4.99 Å². The zero-order valence-electron chi connectivity index (χ0n) is 12.2. The number of aryl methyl sites for hydroxylation is 2. The van der Waals surface area contributed by atoms with Crippen molar-refractivity contribution in [1.82, 2.24) is 9.97 Å². The van der Waals surface area contributed by atoms with Gasteiger partial charge in [0, 0.05) is 29.9 Å². The first-order chi connectivity index (χ1) is 9.60. The molecule has 0 spiro atoms. The third kappa shape index (κ3) is 3.38. The van der Waals surface area contributed by atoms with Gasteiger partial charge in [0.15, 0.2) is 0 Å². The number of aromatic nitrogens is 2. The van der Waals surface area contributed by atoms with Gasteiger partial charge < -0.3 is 0 Å². The average Bonchev–Trinajstić information content (AvgIpc) is 2.39. The van der Waals surface area contributed by atoms with E-state index in [4.69, 9.17) is 0 Å². The molecule has 2 rings (SSSR count). The van der Waals surface area contributed by atoms with Crippen LogP contribution in [0.15, 0.2) is 47.4 Å². The molecule has 20 heavy (non-hydrogen) atoms. The van der Waals surface area contributed by atoms with Crippen molar-refractivity contribution in [3.8, 4) is 11.3 Å². The lowest BCUT2D eigenvalue weighted by Crippen LogP contribution is -1.94. The van der Waals surface area contributed by atoms with E-state index in [9.17, 15) is 0 Å². The molecule has 0 atom stereocenters. The minimum Gasteiger partial charge on any atom is -0.273 e. The van der Waals surface area contributed by atoms with Crippen LogP contribution in [0.3, 0.4) is 0 Å². The van der Waals surface area contributed by atoms with E-state index in [0.29, 0.717) is 0 Å². The SMILES string of the molecule is C=N/C=C(\C)Cc1cnc(-c2ccnc(C)c2)c(C)c1. The van der Waals surface area contributed by atoms with Crippen LogP contribution in [0.5, 0.6) is 0 Å². The van der Waals surface area contributed by atoms with Gasteiger partial charge in [-0.25, -0.2) is 0 Å². The van der Waals surface area contributed by atoms with E-state index >= 15 is 0 Å². The molecule has 0 aromatic carbocycles. The molecule has 0 fully saturated rings. The van der Waals surface area contributed by atoms with Crippen LogP contribution in [0, 0.1) is 13.8 Å². The van der Waals surface area contributed by atoms with Crippen LogP contribution in [0.2, 0.25) is 0 Å². The Hall–Kier alpha value is -2.29. The molecule has 0 bridgehead atoms. The molecule has 0 saturated carbocycles. The van der Waals surface area contributed by atoms with Gasteiger partial charge in [0.2, 0.25) is 0 Å². The minimum atomic E-state index is 0.850. The van der Waals surface area contributed by atoms with Crippen LogP contribution >= 0.6 is 0 Å². The Kier molecular flexibility index (Phi) is 4.41. The summed E-state index contributed by atoms with van der Waals surface area (Å²) in [6.07, 6.45) is 6.39. The number of aliphatic imine (C=N–C) groups is 1. The highest BCUT2D eigenvalue weighted by Gasteiger charge is 2.06. The van der Waals surface area contributed by atoms with E-state index in [0.717, 1.165) is 23.4 Å². The lowest BCUT2D eigenvalue weighted by molar-refractivity contribution is 1.09. The molecule has 0 aliphatic heterocycles. The van der Waals surface area contributed by atoms with Crippen molar-refractivity contribution in [3.05, 3.63) is 59.2 Å². The zero-order chi connectivity index (χ0) is 14.5. The number of pyridine rings is 2. The Morgan fingerprint density at radius 2 is 2.10 bits per heavy atom. The Labute approximate surface area is 120 Å². The first-order valence-corrected chi connectivity index (χ1v) is 6.60. The second kappa shape index (κ2) is 6.24.